The van der Waals surface area contributed by atoms with Gasteiger partial charge in [-0.1, -0.05) is 11.6 Å². The maximum Gasteiger partial charge on any atom is 0.259 e. The third-order valence-electron chi connectivity index (χ3n) is 5.34. The fourth-order valence-electron chi connectivity index (χ4n) is 4.05. The Morgan fingerprint density at radius 2 is 1.81 bits per heavy atom. The molecule has 0 unspecified atom stereocenters. The number of fused-ring (bicyclic) bond motifs is 1. The number of nitrogens with zero attached hydrogens (tertiary/aromatic N) is 2. The van der Waals surface area contributed by atoms with E-state index in [0.29, 0.717) is 17.6 Å². The van der Waals surface area contributed by atoms with Crippen LogP contribution in [0.2, 0.25) is 0 Å². The van der Waals surface area contributed by atoms with Crippen LogP contribution in [0.15, 0.2) is 35.4 Å². The van der Waals surface area contributed by atoms with Gasteiger partial charge < -0.3 is 15.3 Å². The van der Waals surface area contributed by atoms with Gasteiger partial charge in [0, 0.05) is 24.5 Å². The summed E-state index contributed by atoms with van der Waals surface area (Å²) in [6, 6.07) is 6.84. The molecular weight excluding hydrogens is 383 g/mol. The number of pyridine rings is 1. The molecule has 2 aromatic heterocycles. The number of aryl methyl sites for hydroxylation is 2. The molecule has 2 heterocycles. The van der Waals surface area contributed by atoms with Gasteiger partial charge in [-0.25, -0.2) is 4.98 Å². The molecule has 27 heavy (non-hydrogen) atoms. The SMILES string of the molecule is Cc1cc(C)c2[nH]c(=O)c(-c3nccn3C3CCC(N)CC3)cc2c1.Cl.Cl. The minimum absolute atomic E-state index is 0. The lowest BCUT2D eigenvalue weighted by molar-refractivity contribution is 0.325. The van der Waals surface area contributed by atoms with Crippen LogP contribution in [0.3, 0.4) is 0 Å². The zero-order valence-electron chi connectivity index (χ0n) is 15.6. The third-order valence-corrected chi connectivity index (χ3v) is 5.34. The van der Waals surface area contributed by atoms with Gasteiger partial charge in [0.25, 0.3) is 5.56 Å². The Kier molecular flexibility index (Phi) is 6.73. The highest BCUT2D eigenvalue weighted by Gasteiger charge is 2.23. The second-order valence-corrected chi connectivity index (χ2v) is 7.28. The van der Waals surface area contributed by atoms with Crippen molar-refractivity contribution in [1.29, 1.82) is 0 Å². The molecule has 7 heteroatoms. The molecule has 0 atom stereocenters. The zero-order chi connectivity index (χ0) is 17.6. The van der Waals surface area contributed by atoms with Gasteiger partial charge in [-0.15, -0.1) is 24.8 Å². The van der Waals surface area contributed by atoms with Gasteiger partial charge in [-0.2, -0.15) is 0 Å². The van der Waals surface area contributed by atoms with Gasteiger partial charge in [0.2, 0.25) is 0 Å². The molecule has 3 aromatic rings. The molecule has 5 nitrogen and oxygen atoms in total. The van der Waals surface area contributed by atoms with Crippen molar-refractivity contribution in [1.82, 2.24) is 14.5 Å². The van der Waals surface area contributed by atoms with Crippen LogP contribution in [0, 0.1) is 13.8 Å². The van der Waals surface area contributed by atoms with E-state index in [9.17, 15) is 4.79 Å². The monoisotopic (exact) mass is 408 g/mol. The lowest BCUT2D eigenvalue weighted by Gasteiger charge is -2.28. The molecule has 0 amide bonds. The van der Waals surface area contributed by atoms with Crippen LogP contribution >= 0.6 is 24.8 Å². The van der Waals surface area contributed by atoms with Crippen molar-refractivity contribution in [3.63, 3.8) is 0 Å². The summed E-state index contributed by atoms with van der Waals surface area (Å²) in [5.41, 5.74) is 9.76. The Labute approximate surface area is 171 Å². The molecule has 0 radical (unpaired) electrons. The summed E-state index contributed by atoms with van der Waals surface area (Å²) >= 11 is 0. The van der Waals surface area contributed by atoms with Gasteiger partial charge >= 0.3 is 0 Å². The highest BCUT2D eigenvalue weighted by Crippen LogP contribution is 2.31. The number of benzene rings is 1. The minimum Gasteiger partial charge on any atom is -0.328 e. The number of nitrogens with one attached hydrogen (secondary N) is 1. The number of H-pyrrole nitrogens is 1. The van der Waals surface area contributed by atoms with Gasteiger partial charge in [0.15, 0.2) is 0 Å². The summed E-state index contributed by atoms with van der Waals surface area (Å²) in [7, 11) is 0. The first kappa shape index (κ1) is 21.5. The molecule has 146 valence electrons. The second kappa shape index (κ2) is 8.46. The fraction of sp³-hybridized carbons (Fsp3) is 0.400. The van der Waals surface area contributed by atoms with Crippen molar-refractivity contribution < 1.29 is 0 Å². The summed E-state index contributed by atoms with van der Waals surface area (Å²) < 4.78 is 2.16. The van der Waals surface area contributed by atoms with Gasteiger partial charge in [-0.05, 0) is 62.6 Å². The van der Waals surface area contributed by atoms with E-state index in [1.54, 1.807) is 6.20 Å². The van der Waals surface area contributed by atoms with E-state index in [4.69, 9.17) is 5.73 Å². The summed E-state index contributed by atoms with van der Waals surface area (Å²) in [5, 5.41) is 1.05. The number of imidazole rings is 1. The summed E-state index contributed by atoms with van der Waals surface area (Å²) in [5.74, 6) is 0.753. The fourth-order valence-corrected chi connectivity index (χ4v) is 4.05. The molecule has 1 aromatic carbocycles. The lowest BCUT2D eigenvalue weighted by atomic mass is 9.91. The van der Waals surface area contributed by atoms with E-state index in [2.05, 4.69) is 33.6 Å². The van der Waals surface area contributed by atoms with E-state index >= 15 is 0 Å². The molecule has 0 aliphatic heterocycles. The van der Waals surface area contributed by atoms with Crippen LogP contribution in [0.25, 0.3) is 22.3 Å². The topological polar surface area (TPSA) is 76.7 Å². The van der Waals surface area contributed by atoms with Crippen LogP contribution in [0.5, 0.6) is 0 Å². The standard InChI is InChI=1S/C20H24N4O.2ClH/c1-12-9-13(2)18-14(10-12)11-17(20(25)23-18)19-22-7-8-24(19)16-5-3-15(21)4-6-16;;/h7-11,15-16H,3-6,21H2,1-2H3,(H,23,25);2*1H. The van der Waals surface area contributed by atoms with Crippen LogP contribution in [0.1, 0.15) is 42.9 Å². The van der Waals surface area contributed by atoms with Crippen molar-refractivity contribution >= 4 is 35.7 Å². The molecule has 1 fully saturated rings. The average Bonchev–Trinajstić information content (AvgIpc) is 3.05. The molecule has 0 spiro atoms. The molecule has 4 rings (SSSR count). The number of nitrogens with two attached hydrogens (primary N) is 1. The minimum atomic E-state index is -0.0839. The van der Waals surface area contributed by atoms with Gasteiger partial charge in [-0.3, -0.25) is 4.79 Å². The quantitative estimate of drug-likeness (QED) is 0.663. The van der Waals surface area contributed by atoms with Crippen molar-refractivity contribution in [3.8, 4) is 11.4 Å². The van der Waals surface area contributed by atoms with Crippen LogP contribution in [-0.4, -0.2) is 20.6 Å². The Balaban J connectivity index is 0.00000131. The molecule has 1 aliphatic rings. The first-order valence-corrected chi connectivity index (χ1v) is 8.96. The second-order valence-electron chi connectivity index (χ2n) is 7.28. The predicted octanol–water partition coefficient (Wildman–Crippen LogP) is 4.29. The van der Waals surface area contributed by atoms with Crippen LogP contribution in [0.4, 0.5) is 0 Å². The molecule has 0 saturated heterocycles. The first-order valence-electron chi connectivity index (χ1n) is 8.96. The molecule has 1 saturated carbocycles. The summed E-state index contributed by atoms with van der Waals surface area (Å²) in [6.45, 7) is 4.10. The lowest BCUT2D eigenvalue weighted by Crippen LogP contribution is -2.28. The number of hydrogen-bond donors (Lipinski definition) is 2. The van der Waals surface area contributed by atoms with Gasteiger partial charge in [0.05, 0.1) is 11.1 Å². The molecular formula is C20H26Cl2N4O. The van der Waals surface area contributed by atoms with Crippen molar-refractivity contribution in [2.45, 2.75) is 51.6 Å². The first-order chi connectivity index (χ1) is 12.0. The highest BCUT2D eigenvalue weighted by molar-refractivity contribution is 5.86. The molecule has 1 aliphatic carbocycles. The molecule has 3 N–H and O–H groups in total. The van der Waals surface area contributed by atoms with E-state index in [1.807, 2.05) is 19.2 Å². The smallest absolute Gasteiger partial charge is 0.259 e. The van der Waals surface area contributed by atoms with E-state index in [-0.39, 0.29) is 30.4 Å². The van der Waals surface area contributed by atoms with Crippen molar-refractivity contribution in [2.24, 2.45) is 5.73 Å². The Hall–Kier alpha value is -1.82. The highest BCUT2D eigenvalue weighted by atomic mass is 35.5. The number of hydrogen-bond acceptors (Lipinski definition) is 3. The van der Waals surface area contributed by atoms with E-state index < -0.39 is 0 Å². The largest absolute Gasteiger partial charge is 0.328 e. The summed E-state index contributed by atoms with van der Waals surface area (Å²) in [6.07, 6.45) is 7.89. The van der Waals surface area contributed by atoms with Crippen molar-refractivity contribution in [2.75, 3.05) is 0 Å². The van der Waals surface area contributed by atoms with E-state index in [0.717, 1.165) is 48.0 Å². The number of rotatable bonds is 2. The Morgan fingerprint density at radius 3 is 2.52 bits per heavy atom. The number of aromatic nitrogens is 3. The van der Waals surface area contributed by atoms with Crippen molar-refractivity contribution in [3.05, 3.63) is 52.1 Å². The molecule has 0 bridgehead atoms. The third kappa shape index (κ3) is 4.05. The maximum atomic E-state index is 12.7. The van der Waals surface area contributed by atoms with Gasteiger partial charge in [0.1, 0.15) is 5.82 Å². The van der Waals surface area contributed by atoms with Crippen LogP contribution < -0.4 is 11.3 Å². The van der Waals surface area contributed by atoms with Crippen LogP contribution in [-0.2, 0) is 0 Å². The summed E-state index contributed by atoms with van der Waals surface area (Å²) in [4.78, 5) is 20.3. The average molecular weight is 409 g/mol. The predicted molar refractivity (Wildman–Crippen MR) is 115 cm³/mol. The Bertz CT molecular complexity index is 987. The van der Waals surface area contributed by atoms with E-state index in [1.165, 1.54) is 5.56 Å². The zero-order valence-corrected chi connectivity index (χ0v) is 17.2. The maximum absolute atomic E-state index is 12.7. The number of halogens is 2. The number of aromatic amines is 1. The normalized spacial score (nSPS) is 19.4. The Morgan fingerprint density at radius 1 is 1.11 bits per heavy atom.